The molecule has 0 bridgehead atoms. The topological polar surface area (TPSA) is 61.4 Å². The molecular weight excluding hydrogens is 297 g/mol. The van der Waals surface area contributed by atoms with Gasteiger partial charge in [0.1, 0.15) is 11.9 Å². The monoisotopic (exact) mass is 321 g/mol. The molecule has 1 aliphatic rings. The number of hydrogen-bond acceptors (Lipinski definition) is 3. The van der Waals surface area contributed by atoms with Gasteiger partial charge in [0.25, 0.3) is 5.91 Å². The average molecular weight is 321 g/mol. The Bertz CT molecular complexity index is 571. The summed E-state index contributed by atoms with van der Waals surface area (Å²) in [5.74, 6) is -1.38. The number of likely N-dealkylation sites (N-methyl/N-ethyl adjacent to an activating group) is 1. The second kappa shape index (κ2) is 7.55. The first kappa shape index (κ1) is 17.4. The van der Waals surface area contributed by atoms with Crippen molar-refractivity contribution in [1.82, 2.24) is 15.5 Å². The van der Waals surface area contributed by atoms with Gasteiger partial charge in [0.15, 0.2) is 0 Å². The lowest BCUT2D eigenvalue weighted by atomic mass is 10.0. The quantitative estimate of drug-likeness (QED) is 0.862. The molecule has 2 N–H and O–H groups in total. The fourth-order valence-electron chi connectivity index (χ4n) is 2.75. The Kier molecular flexibility index (Phi) is 5.71. The predicted octanol–water partition coefficient (Wildman–Crippen LogP) is 1.40. The van der Waals surface area contributed by atoms with Crippen molar-refractivity contribution >= 4 is 11.8 Å². The van der Waals surface area contributed by atoms with E-state index in [1.54, 1.807) is 18.0 Å². The third-order valence-corrected chi connectivity index (χ3v) is 4.27. The predicted molar refractivity (Wildman–Crippen MR) is 86.5 cm³/mol. The Morgan fingerprint density at radius 1 is 1.35 bits per heavy atom. The van der Waals surface area contributed by atoms with E-state index in [1.165, 1.54) is 18.2 Å². The minimum absolute atomic E-state index is 0.0452. The molecule has 0 radical (unpaired) electrons. The molecule has 23 heavy (non-hydrogen) atoms. The molecular formula is C17H24FN3O2. The highest BCUT2D eigenvalue weighted by molar-refractivity contribution is 5.97. The molecule has 126 valence electrons. The normalized spacial score (nSPS) is 18.7. The summed E-state index contributed by atoms with van der Waals surface area (Å²) in [6.07, 6.45) is 0.897. The van der Waals surface area contributed by atoms with Crippen molar-refractivity contribution in [2.45, 2.75) is 32.4 Å². The summed E-state index contributed by atoms with van der Waals surface area (Å²) in [5.41, 5.74) is -0.0452. The third kappa shape index (κ3) is 4.07. The molecule has 1 aromatic rings. The number of amides is 2. The van der Waals surface area contributed by atoms with Crippen molar-refractivity contribution in [2.24, 2.45) is 5.92 Å². The van der Waals surface area contributed by atoms with Gasteiger partial charge in [-0.3, -0.25) is 9.59 Å². The lowest BCUT2D eigenvalue weighted by Gasteiger charge is -2.30. The molecule has 0 aromatic heterocycles. The molecule has 6 heteroatoms. The zero-order chi connectivity index (χ0) is 17.0. The summed E-state index contributed by atoms with van der Waals surface area (Å²) in [6, 6.07) is 5.23. The number of halogens is 1. The van der Waals surface area contributed by atoms with Gasteiger partial charge in [0, 0.05) is 19.6 Å². The second-order valence-corrected chi connectivity index (χ2v) is 6.27. The first-order valence-electron chi connectivity index (χ1n) is 7.94. The van der Waals surface area contributed by atoms with Crippen LogP contribution in [-0.4, -0.2) is 48.9 Å². The van der Waals surface area contributed by atoms with Crippen LogP contribution in [0.4, 0.5) is 4.39 Å². The van der Waals surface area contributed by atoms with E-state index in [9.17, 15) is 14.0 Å². The lowest BCUT2D eigenvalue weighted by Crippen LogP contribution is -2.53. The van der Waals surface area contributed by atoms with Crippen LogP contribution in [0.15, 0.2) is 24.3 Å². The Balaban J connectivity index is 2.10. The van der Waals surface area contributed by atoms with Gasteiger partial charge < -0.3 is 15.5 Å². The van der Waals surface area contributed by atoms with Gasteiger partial charge in [-0.2, -0.15) is 0 Å². The fraction of sp³-hybridized carbons (Fsp3) is 0.529. The number of benzene rings is 1. The Morgan fingerprint density at radius 3 is 2.61 bits per heavy atom. The number of rotatable bonds is 5. The lowest BCUT2D eigenvalue weighted by molar-refractivity contribution is -0.134. The summed E-state index contributed by atoms with van der Waals surface area (Å²) >= 11 is 0. The van der Waals surface area contributed by atoms with Crippen LogP contribution in [0, 0.1) is 11.7 Å². The summed E-state index contributed by atoms with van der Waals surface area (Å²) in [5, 5.41) is 5.91. The van der Waals surface area contributed by atoms with E-state index in [2.05, 4.69) is 10.6 Å². The van der Waals surface area contributed by atoms with E-state index < -0.39 is 17.8 Å². The van der Waals surface area contributed by atoms with Crippen LogP contribution < -0.4 is 10.6 Å². The van der Waals surface area contributed by atoms with E-state index in [0.29, 0.717) is 0 Å². The van der Waals surface area contributed by atoms with Crippen molar-refractivity contribution in [3.05, 3.63) is 35.6 Å². The van der Waals surface area contributed by atoms with Crippen LogP contribution in [-0.2, 0) is 4.79 Å². The molecule has 0 aliphatic carbocycles. The minimum atomic E-state index is -0.673. The van der Waals surface area contributed by atoms with Crippen LogP contribution in [0.1, 0.15) is 30.6 Å². The highest BCUT2D eigenvalue weighted by atomic mass is 19.1. The first-order valence-corrected chi connectivity index (χ1v) is 7.94. The van der Waals surface area contributed by atoms with Crippen LogP contribution in [0.2, 0.25) is 0 Å². The molecule has 2 unspecified atom stereocenters. The number of carbonyl (C=O) groups excluding carboxylic acids is 2. The van der Waals surface area contributed by atoms with Crippen molar-refractivity contribution in [2.75, 3.05) is 20.1 Å². The second-order valence-electron chi connectivity index (χ2n) is 6.27. The highest BCUT2D eigenvalue weighted by Crippen LogP contribution is 2.13. The molecule has 5 nitrogen and oxygen atoms in total. The molecule has 1 saturated heterocycles. The zero-order valence-corrected chi connectivity index (χ0v) is 13.8. The van der Waals surface area contributed by atoms with Crippen LogP contribution >= 0.6 is 0 Å². The summed E-state index contributed by atoms with van der Waals surface area (Å²) in [4.78, 5) is 26.7. The van der Waals surface area contributed by atoms with Gasteiger partial charge in [0.05, 0.1) is 5.56 Å². The molecule has 2 amide bonds. The largest absolute Gasteiger partial charge is 0.340 e. The molecule has 0 spiro atoms. The number of carbonyl (C=O) groups is 2. The molecule has 2 rings (SSSR count). The molecule has 1 aliphatic heterocycles. The summed E-state index contributed by atoms with van der Waals surface area (Å²) in [6.45, 7) is 5.38. The maximum absolute atomic E-state index is 13.7. The van der Waals surface area contributed by atoms with Gasteiger partial charge in [-0.1, -0.05) is 26.0 Å². The molecule has 1 fully saturated rings. The molecule has 1 heterocycles. The van der Waals surface area contributed by atoms with Crippen molar-refractivity contribution < 1.29 is 14.0 Å². The van der Waals surface area contributed by atoms with Crippen LogP contribution in [0.3, 0.4) is 0 Å². The Labute approximate surface area is 136 Å². The maximum atomic E-state index is 13.7. The van der Waals surface area contributed by atoms with Gasteiger partial charge in [-0.25, -0.2) is 4.39 Å². The van der Waals surface area contributed by atoms with Crippen LogP contribution in [0.5, 0.6) is 0 Å². The van der Waals surface area contributed by atoms with Gasteiger partial charge in [0.2, 0.25) is 5.91 Å². The Hall–Kier alpha value is -1.95. The molecule has 0 saturated carbocycles. The van der Waals surface area contributed by atoms with Crippen molar-refractivity contribution in [1.29, 1.82) is 0 Å². The molecule has 2 atom stereocenters. The van der Waals surface area contributed by atoms with Gasteiger partial charge in [-0.05, 0) is 31.0 Å². The standard InChI is InChI=1S/C17H24FN3O2/c1-11(2)15(17(23)21(3)12-8-9-19-10-12)20-16(22)13-6-4-5-7-14(13)18/h4-7,11-12,15,19H,8-10H2,1-3H3,(H,20,22). The number of hydrogen-bond donors (Lipinski definition) is 2. The summed E-state index contributed by atoms with van der Waals surface area (Å²) in [7, 11) is 1.75. The average Bonchev–Trinajstić information content (AvgIpc) is 3.05. The maximum Gasteiger partial charge on any atom is 0.254 e. The first-order chi connectivity index (χ1) is 10.9. The number of nitrogens with one attached hydrogen (secondary N) is 2. The number of nitrogens with zero attached hydrogens (tertiary/aromatic N) is 1. The van der Waals surface area contributed by atoms with Crippen molar-refractivity contribution in [3.8, 4) is 0 Å². The van der Waals surface area contributed by atoms with Crippen LogP contribution in [0.25, 0.3) is 0 Å². The fourth-order valence-corrected chi connectivity index (χ4v) is 2.75. The highest BCUT2D eigenvalue weighted by Gasteiger charge is 2.32. The van der Waals surface area contributed by atoms with E-state index in [0.717, 1.165) is 19.5 Å². The van der Waals surface area contributed by atoms with E-state index in [1.807, 2.05) is 13.8 Å². The minimum Gasteiger partial charge on any atom is -0.340 e. The van der Waals surface area contributed by atoms with E-state index in [-0.39, 0.29) is 23.4 Å². The zero-order valence-electron chi connectivity index (χ0n) is 13.8. The SMILES string of the molecule is CC(C)C(NC(=O)c1ccccc1F)C(=O)N(C)C1CCNC1. The molecule has 1 aromatic carbocycles. The van der Waals surface area contributed by atoms with E-state index >= 15 is 0 Å². The van der Waals surface area contributed by atoms with Gasteiger partial charge >= 0.3 is 0 Å². The third-order valence-electron chi connectivity index (χ3n) is 4.27. The summed E-state index contributed by atoms with van der Waals surface area (Å²) < 4.78 is 13.7. The van der Waals surface area contributed by atoms with Gasteiger partial charge in [-0.15, -0.1) is 0 Å². The van der Waals surface area contributed by atoms with Crippen molar-refractivity contribution in [3.63, 3.8) is 0 Å². The Morgan fingerprint density at radius 2 is 2.04 bits per heavy atom. The smallest absolute Gasteiger partial charge is 0.254 e. The van der Waals surface area contributed by atoms with E-state index in [4.69, 9.17) is 0 Å².